The highest BCUT2D eigenvalue weighted by Gasteiger charge is 2.27. The standard InChI is InChI=1S/C28H29FN2O4/c1-16-9-18(3)26-24(10-16)25(15-30-26)28(33)27(23-6-5-19(29)11-17(23)2)31-20-12-21(34-4)14-22(13-20)35-8-7-32/h5-6,9-15,27,30-32H,7-8H2,1-4H3. The molecule has 0 bridgehead atoms. The van der Waals surface area contributed by atoms with E-state index >= 15 is 0 Å². The summed E-state index contributed by atoms with van der Waals surface area (Å²) < 4.78 is 24.9. The van der Waals surface area contributed by atoms with E-state index in [1.807, 2.05) is 19.9 Å². The molecule has 0 spiro atoms. The molecule has 0 aliphatic carbocycles. The van der Waals surface area contributed by atoms with Crippen molar-refractivity contribution in [2.45, 2.75) is 26.8 Å². The van der Waals surface area contributed by atoms with Crippen molar-refractivity contribution in [1.82, 2.24) is 4.98 Å². The fraction of sp³-hybridized carbons (Fsp3) is 0.250. The van der Waals surface area contributed by atoms with E-state index in [0.29, 0.717) is 33.9 Å². The van der Waals surface area contributed by atoms with E-state index in [1.54, 1.807) is 37.4 Å². The van der Waals surface area contributed by atoms with Crippen LogP contribution in [0.2, 0.25) is 0 Å². The van der Waals surface area contributed by atoms with Gasteiger partial charge in [-0.1, -0.05) is 17.7 Å². The first kappa shape index (κ1) is 24.3. The Balaban J connectivity index is 1.81. The Bertz CT molecular complexity index is 1380. The highest BCUT2D eigenvalue weighted by atomic mass is 19.1. The van der Waals surface area contributed by atoms with Crippen LogP contribution in [0.3, 0.4) is 0 Å². The Hall–Kier alpha value is -3.84. The van der Waals surface area contributed by atoms with Gasteiger partial charge in [0.25, 0.3) is 0 Å². The first-order chi connectivity index (χ1) is 16.8. The zero-order valence-electron chi connectivity index (χ0n) is 20.2. The van der Waals surface area contributed by atoms with Gasteiger partial charge in [-0.05, 0) is 55.7 Å². The molecule has 1 heterocycles. The molecule has 0 aliphatic rings. The van der Waals surface area contributed by atoms with Crippen molar-refractivity contribution in [1.29, 1.82) is 0 Å². The van der Waals surface area contributed by atoms with E-state index in [9.17, 15) is 9.18 Å². The van der Waals surface area contributed by atoms with Gasteiger partial charge in [-0.3, -0.25) is 4.79 Å². The Morgan fingerprint density at radius 1 is 1.06 bits per heavy atom. The molecule has 7 heteroatoms. The number of methoxy groups -OCH3 is 1. The van der Waals surface area contributed by atoms with Crippen LogP contribution in [0.25, 0.3) is 10.9 Å². The van der Waals surface area contributed by atoms with E-state index in [-0.39, 0.29) is 24.8 Å². The van der Waals surface area contributed by atoms with Crippen molar-refractivity contribution in [2.75, 3.05) is 25.6 Å². The van der Waals surface area contributed by atoms with Gasteiger partial charge in [-0.2, -0.15) is 0 Å². The molecule has 3 N–H and O–H groups in total. The molecule has 1 unspecified atom stereocenters. The fourth-order valence-electron chi connectivity index (χ4n) is 4.39. The summed E-state index contributed by atoms with van der Waals surface area (Å²) in [6, 6.07) is 12.9. The number of carbonyl (C=O) groups is 1. The third-order valence-electron chi connectivity index (χ3n) is 5.99. The molecule has 0 fully saturated rings. The molecule has 0 saturated heterocycles. The number of benzene rings is 3. The van der Waals surface area contributed by atoms with E-state index in [2.05, 4.69) is 16.4 Å². The van der Waals surface area contributed by atoms with Crippen LogP contribution in [0.5, 0.6) is 11.5 Å². The highest BCUT2D eigenvalue weighted by Crippen LogP contribution is 2.33. The second-order valence-corrected chi connectivity index (χ2v) is 8.62. The van der Waals surface area contributed by atoms with Gasteiger partial charge in [0, 0.05) is 46.5 Å². The first-order valence-corrected chi connectivity index (χ1v) is 11.4. The van der Waals surface area contributed by atoms with Gasteiger partial charge in [0.2, 0.25) is 0 Å². The summed E-state index contributed by atoms with van der Waals surface area (Å²) in [5.74, 6) is 0.498. The first-order valence-electron chi connectivity index (χ1n) is 11.4. The van der Waals surface area contributed by atoms with Gasteiger partial charge < -0.3 is 24.9 Å². The van der Waals surface area contributed by atoms with Gasteiger partial charge >= 0.3 is 0 Å². The summed E-state index contributed by atoms with van der Waals surface area (Å²) in [5.41, 5.74) is 5.48. The predicted molar refractivity (Wildman–Crippen MR) is 135 cm³/mol. The van der Waals surface area contributed by atoms with Crippen molar-refractivity contribution in [3.05, 3.63) is 88.4 Å². The van der Waals surface area contributed by atoms with Crippen molar-refractivity contribution >= 4 is 22.4 Å². The number of hydrogen-bond acceptors (Lipinski definition) is 5. The molecule has 35 heavy (non-hydrogen) atoms. The van der Waals surface area contributed by atoms with Crippen LogP contribution < -0.4 is 14.8 Å². The average Bonchev–Trinajstić information content (AvgIpc) is 3.25. The smallest absolute Gasteiger partial charge is 0.191 e. The number of aliphatic hydroxyl groups is 1. The summed E-state index contributed by atoms with van der Waals surface area (Å²) in [6.45, 7) is 5.78. The molecule has 182 valence electrons. The summed E-state index contributed by atoms with van der Waals surface area (Å²) in [4.78, 5) is 17.3. The SMILES string of the molecule is COc1cc(NC(C(=O)c2c[nH]c3c(C)cc(C)cc23)c2ccc(F)cc2C)cc(OCCO)c1. The van der Waals surface area contributed by atoms with Gasteiger partial charge in [0.1, 0.15) is 30.0 Å². The van der Waals surface area contributed by atoms with Gasteiger partial charge in [-0.15, -0.1) is 0 Å². The molecule has 0 radical (unpaired) electrons. The topological polar surface area (TPSA) is 83.6 Å². The summed E-state index contributed by atoms with van der Waals surface area (Å²) >= 11 is 0. The molecule has 1 atom stereocenters. The number of aromatic nitrogens is 1. The van der Waals surface area contributed by atoms with Gasteiger partial charge in [-0.25, -0.2) is 4.39 Å². The minimum absolute atomic E-state index is 0.125. The minimum Gasteiger partial charge on any atom is -0.497 e. The van der Waals surface area contributed by atoms with Crippen LogP contribution in [0.15, 0.2) is 54.7 Å². The molecule has 3 aromatic carbocycles. The number of nitrogens with one attached hydrogen (secondary N) is 2. The zero-order valence-corrected chi connectivity index (χ0v) is 20.2. The summed E-state index contributed by atoms with van der Waals surface area (Å²) in [5, 5.41) is 13.3. The predicted octanol–water partition coefficient (Wildman–Crippen LogP) is 5.65. The quantitative estimate of drug-likeness (QED) is 0.272. The lowest BCUT2D eigenvalue weighted by Gasteiger charge is -2.22. The van der Waals surface area contributed by atoms with E-state index in [4.69, 9.17) is 14.6 Å². The molecule has 4 aromatic rings. The number of aryl methyl sites for hydroxylation is 3. The average molecular weight is 477 g/mol. The minimum atomic E-state index is -0.798. The van der Waals surface area contributed by atoms with E-state index in [1.165, 1.54) is 19.2 Å². The van der Waals surface area contributed by atoms with E-state index in [0.717, 1.165) is 22.0 Å². The fourth-order valence-corrected chi connectivity index (χ4v) is 4.39. The Labute approximate surface area is 203 Å². The number of rotatable bonds is 9. The molecule has 0 saturated carbocycles. The van der Waals surface area contributed by atoms with Crippen LogP contribution in [0.4, 0.5) is 10.1 Å². The Kier molecular flexibility index (Phi) is 7.07. The summed E-state index contributed by atoms with van der Waals surface area (Å²) in [6.07, 6.45) is 1.73. The second-order valence-electron chi connectivity index (χ2n) is 8.62. The number of ketones is 1. The lowest BCUT2D eigenvalue weighted by Crippen LogP contribution is -2.22. The maximum absolute atomic E-state index is 14.0. The van der Waals surface area contributed by atoms with Crippen molar-refractivity contribution in [3.63, 3.8) is 0 Å². The third kappa shape index (κ3) is 5.15. The lowest BCUT2D eigenvalue weighted by atomic mass is 9.93. The number of ether oxygens (including phenoxy) is 2. The monoisotopic (exact) mass is 476 g/mol. The lowest BCUT2D eigenvalue weighted by molar-refractivity contribution is 0.0971. The number of aromatic amines is 1. The number of aliphatic hydroxyl groups excluding tert-OH is 1. The van der Waals surface area contributed by atoms with Crippen molar-refractivity contribution < 1.29 is 23.8 Å². The van der Waals surface area contributed by atoms with Crippen LogP contribution in [-0.4, -0.2) is 36.2 Å². The number of halogens is 1. The number of hydrogen-bond donors (Lipinski definition) is 3. The molecular weight excluding hydrogens is 447 g/mol. The maximum Gasteiger partial charge on any atom is 0.191 e. The number of anilines is 1. The largest absolute Gasteiger partial charge is 0.497 e. The molecule has 0 amide bonds. The van der Waals surface area contributed by atoms with E-state index < -0.39 is 6.04 Å². The number of H-pyrrole nitrogens is 1. The van der Waals surface area contributed by atoms with Crippen LogP contribution in [-0.2, 0) is 0 Å². The highest BCUT2D eigenvalue weighted by molar-refractivity contribution is 6.12. The molecule has 0 aliphatic heterocycles. The van der Waals surface area contributed by atoms with Crippen LogP contribution in [0.1, 0.15) is 38.7 Å². The van der Waals surface area contributed by atoms with Crippen molar-refractivity contribution in [3.8, 4) is 11.5 Å². The van der Waals surface area contributed by atoms with Crippen molar-refractivity contribution in [2.24, 2.45) is 0 Å². The van der Waals surface area contributed by atoms with Gasteiger partial charge in [0.05, 0.1) is 13.7 Å². The van der Waals surface area contributed by atoms with Gasteiger partial charge in [0.15, 0.2) is 5.78 Å². The molecule has 6 nitrogen and oxygen atoms in total. The maximum atomic E-state index is 14.0. The molecule has 4 rings (SSSR count). The second kappa shape index (κ2) is 10.2. The molecule has 1 aromatic heterocycles. The third-order valence-corrected chi connectivity index (χ3v) is 5.99. The van der Waals surface area contributed by atoms with Crippen LogP contribution in [0, 0.1) is 26.6 Å². The van der Waals surface area contributed by atoms with Crippen LogP contribution >= 0.6 is 0 Å². The molecular formula is C28H29FN2O4. The number of fused-ring (bicyclic) bond motifs is 1. The zero-order chi connectivity index (χ0) is 25.1. The normalized spacial score (nSPS) is 11.9. The number of Topliss-reactive ketones (excluding diaryl/α,β-unsaturated/α-hetero) is 1. The number of carbonyl (C=O) groups excluding carboxylic acids is 1. The Morgan fingerprint density at radius 2 is 1.83 bits per heavy atom. The Morgan fingerprint density at radius 3 is 2.54 bits per heavy atom. The summed E-state index contributed by atoms with van der Waals surface area (Å²) in [7, 11) is 1.54.